The molecule has 0 radical (unpaired) electrons. The highest BCUT2D eigenvalue weighted by Crippen LogP contribution is 2.46. The molecule has 9 heteroatoms. The Labute approximate surface area is 126 Å². The Balaban J connectivity index is 0.00000220. The Bertz CT molecular complexity index is 491. The molecular weight excluding hydrogens is 298 g/mol. The molecule has 1 fully saturated rings. The van der Waals surface area contributed by atoms with Crippen LogP contribution in [-0.4, -0.2) is 63.2 Å². The third kappa shape index (κ3) is 3.04. The number of thioether (sulfide) groups is 1. The van der Waals surface area contributed by atoms with Crippen molar-refractivity contribution >= 4 is 30.0 Å². The summed E-state index contributed by atoms with van der Waals surface area (Å²) in [6.45, 7) is 2.05. The third-order valence-electron chi connectivity index (χ3n) is 3.49. The maximum Gasteiger partial charge on any atom is 0.353 e. The molecule has 0 aromatic heterocycles. The fraction of sp³-hybridized carbons (Fsp3) is 0.583. The lowest BCUT2D eigenvalue weighted by Gasteiger charge is -2.44. The number of aliphatic hydroxyl groups excluding tert-OH is 1. The number of carboxylic acid groups (broad SMARTS) is 1. The molecule has 3 atom stereocenters. The number of fused-ring (bicyclic) bond motifs is 1. The zero-order valence-electron chi connectivity index (χ0n) is 11.5. The highest BCUT2D eigenvalue weighted by atomic mass is 32.2. The van der Waals surface area contributed by atoms with Gasteiger partial charge in [0, 0.05) is 17.1 Å². The van der Waals surface area contributed by atoms with Gasteiger partial charge in [0.15, 0.2) is 0 Å². The van der Waals surface area contributed by atoms with Gasteiger partial charge < -0.3 is 26.3 Å². The molecule has 1 amide bonds. The molecule has 0 spiro atoms. The monoisotopic (exact) mass is 317 g/mol. The van der Waals surface area contributed by atoms with Crippen LogP contribution in [0.1, 0.15) is 13.3 Å². The van der Waals surface area contributed by atoms with E-state index in [9.17, 15) is 19.8 Å². The van der Waals surface area contributed by atoms with Crippen LogP contribution in [0.5, 0.6) is 0 Å². The molecule has 21 heavy (non-hydrogen) atoms. The van der Waals surface area contributed by atoms with Crippen LogP contribution in [-0.2, 0) is 9.59 Å². The lowest BCUT2D eigenvalue weighted by Crippen LogP contribution is -2.61. The van der Waals surface area contributed by atoms with Crippen LogP contribution in [0.3, 0.4) is 0 Å². The number of aliphatic imine (C=N–C) groups is 1. The Morgan fingerprint density at radius 3 is 2.86 bits per heavy atom. The van der Waals surface area contributed by atoms with Crippen LogP contribution >= 0.6 is 11.8 Å². The van der Waals surface area contributed by atoms with E-state index in [4.69, 9.17) is 5.73 Å². The number of carbonyl (C=O) groups is 2. The topological polar surface area (TPSA) is 148 Å². The van der Waals surface area contributed by atoms with Gasteiger partial charge in [-0.15, -0.1) is 11.8 Å². The number of nitrogens with two attached hydrogens (primary N) is 1. The summed E-state index contributed by atoms with van der Waals surface area (Å²) >= 11 is 1.38. The van der Waals surface area contributed by atoms with Gasteiger partial charge in [-0.25, -0.2) is 4.79 Å². The standard InChI is InChI=1S/C12H17N3O4S.H2O/c1-6(16)9-7-4-8(20-3-2-14-5-13)10(12(18)19)15(7)11(9)17;/h5-7,9,16H,2-4H2,1H3,(H2,13,14)(H,18,19);1H2/t6?,7-,9?;/m0./s1. The molecule has 0 saturated carbocycles. The molecule has 1 saturated heterocycles. The summed E-state index contributed by atoms with van der Waals surface area (Å²) in [5.74, 6) is -1.30. The minimum Gasteiger partial charge on any atom is -0.477 e. The number of aliphatic hydroxyl groups is 1. The van der Waals surface area contributed by atoms with Crippen molar-refractivity contribution in [3.63, 3.8) is 0 Å². The Kier molecular flexibility index (Phi) is 5.76. The van der Waals surface area contributed by atoms with E-state index in [0.29, 0.717) is 23.6 Å². The van der Waals surface area contributed by atoms with E-state index < -0.39 is 18.0 Å². The maximum absolute atomic E-state index is 11.9. The summed E-state index contributed by atoms with van der Waals surface area (Å²) in [6, 6.07) is -0.228. The van der Waals surface area contributed by atoms with E-state index in [2.05, 4.69) is 4.99 Å². The average molecular weight is 317 g/mol. The zero-order valence-corrected chi connectivity index (χ0v) is 12.3. The van der Waals surface area contributed by atoms with Crippen molar-refractivity contribution in [3.05, 3.63) is 10.6 Å². The van der Waals surface area contributed by atoms with Crippen molar-refractivity contribution in [3.8, 4) is 0 Å². The average Bonchev–Trinajstić information content (AvgIpc) is 2.69. The minimum absolute atomic E-state index is 0. The molecule has 2 heterocycles. The Hall–Kier alpha value is -1.58. The molecule has 2 aliphatic rings. The Morgan fingerprint density at radius 2 is 2.33 bits per heavy atom. The molecule has 0 aromatic rings. The largest absolute Gasteiger partial charge is 0.477 e. The predicted octanol–water partition coefficient (Wildman–Crippen LogP) is -1.21. The number of carbonyl (C=O) groups excluding carboxylic acids is 1. The molecule has 6 N–H and O–H groups in total. The molecule has 2 unspecified atom stereocenters. The van der Waals surface area contributed by atoms with Gasteiger partial charge in [-0.3, -0.25) is 9.79 Å². The fourth-order valence-electron chi connectivity index (χ4n) is 2.66. The first-order valence-corrected chi connectivity index (χ1v) is 7.28. The number of β-lactam (4-membered cyclic amide) rings is 1. The number of carboxylic acids is 1. The minimum atomic E-state index is -1.10. The first-order valence-electron chi connectivity index (χ1n) is 6.29. The smallest absolute Gasteiger partial charge is 0.353 e. The quantitative estimate of drug-likeness (QED) is 0.242. The number of amides is 1. The van der Waals surface area contributed by atoms with Crippen LogP contribution in [0.2, 0.25) is 0 Å². The first kappa shape index (κ1) is 17.5. The van der Waals surface area contributed by atoms with Crippen LogP contribution in [0, 0.1) is 5.92 Å². The van der Waals surface area contributed by atoms with E-state index in [1.807, 2.05) is 0 Å². The lowest BCUT2D eigenvalue weighted by molar-refractivity contribution is -0.161. The number of rotatable bonds is 6. The van der Waals surface area contributed by atoms with E-state index in [-0.39, 0.29) is 23.1 Å². The summed E-state index contributed by atoms with van der Waals surface area (Å²) in [5.41, 5.74) is 5.19. The summed E-state index contributed by atoms with van der Waals surface area (Å²) in [7, 11) is 0. The van der Waals surface area contributed by atoms with Crippen molar-refractivity contribution in [2.24, 2.45) is 16.6 Å². The van der Waals surface area contributed by atoms with Crippen LogP contribution in [0.25, 0.3) is 0 Å². The summed E-state index contributed by atoms with van der Waals surface area (Å²) in [6.07, 6.45) is 0.937. The van der Waals surface area contributed by atoms with Crippen molar-refractivity contribution in [1.82, 2.24) is 4.90 Å². The van der Waals surface area contributed by atoms with Gasteiger partial charge >= 0.3 is 5.97 Å². The van der Waals surface area contributed by atoms with Gasteiger partial charge in [0.25, 0.3) is 0 Å². The second-order valence-corrected chi connectivity index (χ2v) is 5.92. The van der Waals surface area contributed by atoms with Crippen molar-refractivity contribution in [1.29, 1.82) is 0 Å². The van der Waals surface area contributed by atoms with Crippen LogP contribution in [0.4, 0.5) is 0 Å². The normalized spacial score (nSPS) is 25.6. The molecule has 2 rings (SSSR count). The van der Waals surface area contributed by atoms with Gasteiger partial charge in [0.05, 0.1) is 30.9 Å². The molecule has 0 aliphatic carbocycles. The predicted molar refractivity (Wildman–Crippen MR) is 78.7 cm³/mol. The highest BCUT2D eigenvalue weighted by molar-refractivity contribution is 8.03. The van der Waals surface area contributed by atoms with Crippen molar-refractivity contribution < 1.29 is 25.3 Å². The van der Waals surface area contributed by atoms with Crippen LogP contribution in [0.15, 0.2) is 15.6 Å². The number of aliphatic carboxylic acids is 1. The van der Waals surface area contributed by atoms with Crippen molar-refractivity contribution in [2.75, 3.05) is 12.3 Å². The van der Waals surface area contributed by atoms with Gasteiger partial charge in [0.1, 0.15) is 5.70 Å². The number of hydrogen-bond donors (Lipinski definition) is 3. The van der Waals surface area contributed by atoms with Crippen molar-refractivity contribution in [2.45, 2.75) is 25.5 Å². The summed E-state index contributed by atoms with van der Waals surface area (Å²) < 4.78 is 0. The lowest BCUT2D eigenvalue weighted by atomic mass is 9.83. The molecule has 0 aromatic carbocycles. The van der Waals surface area contributed by atoms with E-state index in [1.54, 1.807) is 6.92 Å². The van der Waals surface area contributed by atoms with E-state index >= 15 is 0 Å². The van der Waals surface area contributed by atoms with Gasteiger partial charge in [-0.05, 0) is 6.92 Å². The van der Waals surface area contributed by atoms with Gasteiger partial charge in [0.2, 0.25) is 5.91 Å². The van der Waals surface area contributed by atoms with E-state index in [0.717, 1.165) is 0 Å². The van der Waals surface area contributed by atoms with Crippen LogP contribution < -0.4 is 5.73 Å². The fourth-order valence-corrected chi connectivity index (χ4v) is 3.71. The van der Waals surface area contributed by atoms with Gasteiger partial charge in [-0.2, -0.15) is 0 Å². The van der Waals surface area contributed by atoms with E-state index in [1.165, 1.54) is 23.0 Å². The Morgan fingerprint density at radius 1 is 1.67 bits per heavy atom. The summed E-state index contributed by atoms with van der Waals surface area (Å²) in [4.78, 5) is 29.1. The second kappa shape index (κ2) is 6.92. The molecule has 8 nitrogen and oxygen atoms in total. The molecule has 2 aliphatic heterocycles. The van der Waals surface area contributed by atoms with Gasteiger partial charge in [-0.1, -0.05) is 0 Å². The molecule has 118 valence electrons. The third-order valence-corrected chi connectivity index (χ3v) is 4.59. The second-order valence-electron chi connectivity index (χ2n) is 4.73. The summed E-state index contributed by atoms with van der Waals surface area (Å²) in [5, 5.41) is 18.9. The zero-order chi connectivity index (χ0) is 14.9. The highest BCUT2D eigenvalue weighted by Gasteiger charge is 2.56. The molecule has 0 bridgehead atoms. The molecular formula is C12H19N3O5S. The SMILES string of the molecule is CC(O)C1C(=O)N2C(C(=O)O)=C(SCCN=CN)C[C@@H]12.O. The maximum atomic E-state index is 11.9. The first-order chi connectivity index (χ1) is 9.49. The number of nitrogens with zero attached hydrogens (tertiary/aromatic N) is 2. The number of hydrogen-bond acceptors (Lipinski definition) is 5.